The summed E-state index contributed by atoms with van der Waals surface area (Å²) in [6.07, 6.45) is 1.40. The molecule has 0 aliphatic carbocycles. The first-order valence-electron chi connectivity index (χ1n) is 4.43. The van der Waals surface area contributed by atoms with Crippen molar-refractivity contribution in [3.8, 4) is 17.7 Å². The van der Waals surface area contributed by atoms with Crippen LogP contribution in [0.15, 0.2) is 41.3 Å². The average molecular weight is 276 g/mol. The van der Waals surface area contributed by atoms with Crippen LogP contribution < -0.4 is 4.74 Å². The molecule has 0 aliphatic rings. The van der Waals surface area contributed by atoms with Crippen LogP contribution in [0, 0.1) is 11.3 Å². The van der Waals surface area contributed by atoms with Crippen LogP contribution in [-0.2, 0) is 0 Å². The third-order valence-corrected chi connectivity index (χ3v) is 2.23. The van der Waals surface area contributed by atoms with Crippen LogP contribution >= 0.6 is 15.9 Å². The molecule has 0 radical (unpaired) electrons. The standard InChI is InChI=1S/C11H6BrN3O/c12-10-5-11(15-7-14-10)16-9-3-1-2-8(4-9)6-13/h1-5,7H. The van der Waals surface area contributed by atoms with Crippen LogP contribution in [0.5, 0.6) is 11.6 Å². The Labute approximate surface area is 101 Å². The molecular weight excluding hydrogens is 270 g/mol. The summed E-state index contributed by atoms with van der Waals surface area (Å²) in [4.78, 5) is 7.83. The molecule has 1 heterocycles. The maximum absolute atomic E-state index is 8.73. The molecule has 1 aromatic carbocycles. The first-order chi connectivity index (χ1) is 7.78. The van der Waals surface area contributed by atoms with Gasteiger partial charge in [-0.15, -0.1) is 0 Å². The lowest BCUT2D eigenvalue weighted by Crippen LogP contribution is -1.89. The zero-order valence-electron chi connectivity index (χ0n) is 8.09. The fourth-order valence-electron chi connectivity index (χ4n) is 1.12. The summed E-state index contributed by atoms with van der Waals surface area (Å²) in [5.41, 5.74) is 0.547. The highest BCUT2D eigenvalue weighted by Crippen LogP contribution is 2.21. The Morgan fingerprint density at radius 1 is 1.25 bits per heavy atom. The number of hydrogen-bond donors (Lipinski definition) is 0. The summed E-state index contributed by atoms with van der Waals surface area (Å²) >= 11 is 3.22. The van der Waals surface area contributed by atoms with Gasteiger partial charge in [-0.1, -0.05) is 6.07 Å². The van der Waals surface area contributed by atoms with Crippen LogP contribution in [0.4, 0.5) is 0 Å². The number of benzene rings is 1. The van der Waals surface area contributed by atoms with E-state index in [4.69, 9.17) is 10.00 Å². The minimum atomic E-state index is 0.428. The van der Waals surface area contributed by atoms with Crippen LogP contribution in [0.1, 0.15) is 5.56 Å². The molecule has 0 spiro atoms. The van der Waals surface area contributed by atoms with E-state index in [2.05, 4.69) is 25.9 Å². The van der Waals surface area contributed by atoms with Crippen molar-refractivity contribution in [1.82, 2.24) is 9.97 Å². The van der Waals surface area contributed by atoms with Crippen LogP contribution in [0.3, 0.4) is 0 Å². The second-order valence-corrected chi connectivity index (χ2v) is 3.73. The molecule has 2 rings (SSSR count). The van der Waals surface area contributed by atoms with Crippen molar-refractivity contribution < 1.29 is 4.74 Å². The molecule has 4 nitrogen and oxygen atoms in total. The summed E-state index contributed by atoms with van der Waals surface area (Å²) in [6, 6.07) is 10.6. The monoisotopic (exact) mass is 275 g/mol. The van der Waals surface area contributed by atoms with E-state index in [0.29, 0.717) is 21.8 Å². The Hall–Kier alpha value is -1.93. The summed E-state index contributed by atoms with van der Waals surface area (Å²) in [5, 5.41) is 8.73. The van der Waals surface area contributed by atoms with Crippen molar-refractivity contribution in [2.45, 2.75) is 0 Å². The molecule has 16 heavy (non-hydrogen) atoms. The molecule has 0 atom stereocenters. The van der Waals surface area contributed by atoms with E-state index in [1.807, 2.05) is 6.07 Å². The predicted octanol–water partition coefficient (Wildman–Crippen LogP) is 2.90. The SMILES string of the molecule is N#Cc1cccc(Oc2cc(Br)ncn2)c1. The molecule has 0 saturated carbocycles. The molecule has 0 bridgehead atoms. The van der Waals surface area contributed by atoms with Crippen molar-refractivity contribution >= 4 is 15.9 Å². The number of rotatable bonds is 2. The molecule has 1 aromatic heterocycles. The lowest BCUT2D eigenvalue weighted by atomic mass is 10.2. The second kappa shape index (κ2) is 4.73. The maximum atomic E-state index is 8.73. The molecule has 5 heteroatoms. The minimum Gasteiger partial charge on any atom is -0.439 e. The van der Waals surface area contributed by atoms with Gasteiger partial charge < -0.3 is 4.74 Å². The molecular formula is C11H6BrN3O. The highest BCUT2D eigenvalue weighted by Gasteiger charge is 2.00. The zero-order valence-corrected chi connectivity index (χ0v) is 9.68. The van der Waals surface area contributed by atoms with E-state index in [1.165, 1.54) is 6.33 Å². The van der Waals surface area contributed by atoms with Gasteiger partial charge in [-0.05, 0) is 34.1 Å². The van der Waals surface area contributed by atoms with Gasteiger partial charge in [0.25, 0.3) is 0 Å². The number of ether oxygens (including phenoxy) is 1. The summed E-state index contributed by atoms with van der Waals surface area (Å²) < 4.78 is 6.12. The summed E-state index contributed by atoms with van der Waals surface area (Å²) in [5.74, 6) is 1.00. The first kappa shape index (κ1) is 10.6. The Morgan fingerprint density at radius 2 is 2.12 bits per heavy atom. The van der Waals surface area contributed by atoms with Crippen molar-refractivity contribution in [3.05, 3.63) is 46.8 Å². The van der Waals surface area contributed by atoms with Gasteiger partial charge >= 0.3 is 0 Å². The Balaban J connectivity index is 2.24. The highest BCUT2D eigenvalue weighted by atomic mass is 79.9. The van der Waals surface area contributed by atoms with Crippen molar-refractivity contribution in [1.29, 1.82) is 5.26 Å². The van der Waals surface area contributed by atoms with Crippen molar-refractivity contribution in [2.75, 3.05) is 0 Å². The maximum Gasteiger partial charge on any atom is 0.223 e. The number of nitrogens with zero attached hydrogens (tertiary/aromatic N) is 3. The predicted molar refractivity (Wildman–Crippen MR) is 61.0 cm³/mol. The van der Waals surface area contributed by atoms with E-state index >= 15 is 0 Å². The molecule has 0 unspecified atom stereocenters. The quantitative estimate of drug-likeness (QED) is 0.791. The van der Waals surface area contributed by atoms with E-state index < -0.39 is 0 Å². The van der Waals surface area contributed by atoms with E-state index in [-0.39, 0.29) is 0 Å². The molecule has 0 amide bonds. The largest absolute Gasteiger partial charge is 0.439 e. The number of hydrogen-bond acceptors (Lipinski definition) is 4. The number of nitriles is 1. The number of halogens is 1. The lowest BCUT2D eigenvalue weighted by molar-refractivity contribution is 0.460. The van der Waals surface area contributed by atoms with Gasteiger partial charge in [-0.25, -0.2) is 9.97 Å². The van der Waals surface area contributed by atoms with Crippen LogP contribution in [0.2, 0.25) is 0 Å². The smallest absolute Gasteiger partial charge is 0.223 e. The molecule has 0 saturated heterocycles. The van der Waals surface area contributed by atoms with E-state index in [1.54, 1.807) is 30.3 Å². The minimum absolute atomic E-state index is 0.428. The van der Waals surface area contributed by atoms with Crippen LogP contribution in [-0.4, -0.2) is 9.97 Å². The van der Waals surface area contributed by atoms with E-state index in [0.717, 1.165) is 0 Å². The molecule has 0 fully saturated rings. The topological polar surface area (TPSA) is 58.8 Å². The average Bonchev–Trinajstić information content (AvgIpc) is 2.29. The third-order valence-electron chi connectivity index (χ3n) is 1.79. The lowest BCUT2D eigenvalue weighted by Gasteiger charge is -2.04. The molecule has 2 aromatic rings. The Kier molecular flexibility index (Phi) is 3.13. The molecule has 78 valence electrons. The summed E-state index contributed by atoms with van der Waals surface area (Å²) in [6.45, 7) is 0. The third kappa shape index (κ3) is 2.55. The molecule has 0 N–H and O–H groups in total. The van der Waals surface area contributed by atoms with Crippen molar-refractivity contribution in [3.63, 3.8) is 0 Å². The normalized spacial score (nSPS) is 9.50. The zero-order chi connectivity index (χ0) is 11.4. The Morgan fingerprint density at radius 3 is 2.88 bits per heavy atom. The van der Waals surface area contributed by atoms with E-state index in [9.17, 15) is 0 Å². The van der Waals surface area contributed by atoms with Gasteiger partial charge in [-0.3, -0.25) is 0 Å². The molecule has 0 aliphatic heterocycles. The first-order valence-corrected chi connectivity index (χ1v) is 5.23. The van der Waals surface area contributed by atoms with Gasteiger partial charge in [0.2, 0.25) is 5.88 Å². The Bertz CT molecular complexity index is 551. The fraction of sp³-hybridized carbons (Fsp3) is 0. The fourth-order valence-corrected chi connectivity index (χ4v) is 1.41. The highest BCUT2D eigenvalue weighted by molar-refractivity contribution is 9.10. The van der Waals surface area contributed by atoms with Gasteiger partial charge in [0, 0.05) is 6.07 Å². The van der Waals surface area contributed by atoms with Gasteiger partial charge in [0.05, 0.1) is 11.6 Å². The number of aromatic nitrogens is 2. The second-order valence-electron chi connectivity index (χ2n) is 2.92. The van der Waals surface area contributed by atoms with Crippen molar-refractivity contribution in [2.24, 2.45) is 0 Å². The van der Waals surface area contributed by atoms with Gasteiger partial charge in [0.1, 0.15) is 16.7 Å². The van der Waals surface area contributed by atoms with Gasteiger partial charge in [0.15, 0.2) is 0 Å². The van der Waals surface area contributed by atoms with Gasteiger partial charge in [-0.2, -0.15) is 5.26 Å². The summed E-state index contributed by atoms with van der Waals surface area (Å²) in [7, 11) is 0. The van der Waals surface area contributed by atoms with Crippen LogP contribution in [0.25, 0.3) is 0 Å².